The molecule has 32 heavy (non-hydrogen) atoms. The fourth-order valence-electron chi connectivity index (χ4n) is 3.45. The lowest BCUT2D eigenvalue weighted by Gasteiger charge is -2.29. The summed E-state index contributed by atoms with van der Waals surface area (Å²) in [5.74, 6) is 2.23. The van der Waals surface area contributed by atoms with Gasteiger partial charge in [-0.2, -0.15) is 4.98 Å². The minimum atomic E-state index is -0.540. The molecule has 174 valence electrons. The topological polar surface area (TPSA) is 87.5 Å². The molecule has 1 N–H and O–H groups in total. The number of hydrogen-bond donors (Lipinski definition) is 1. The number of carbonyl (C=O) groups is 1. The van der Waals surface area contributed by atoms with Crippen molar-refractivity contribution in [2.45, 2.75) is 57.8 Å². The van der Waals surface area contributed by atoms with Crippen LogP contribution in [0.1, 0.15) is 52.1 Å². The third-order valence-electron chi connectivity index (χ3n) is 4.90. The van der Waals surface area contributed by atoms with Gasteiger partial charge in [0.15, 0.2) is 11.5 Å². The molecule has 1 unspecified atom stereocenters. The largest absolute Gasteiger partial charge is 0.493 e. The number of allylic oxidation sites excluding steroid dienone is 1. The number of carbonyl (C=O) groups excluding carboxylic acids is 1. The maximum Gasteiger partial charge on any atom is 0.338 e. The highest BCUT2D eigenvalue weighted by Gasteiger charge is 2.36. The average Bonchev–Trinajstić information content (AvgIpc) is 3.13. The summed E-state index contributed by atoms with van der Waals surface area (Å²) in [5.41, 5.74) is 1.94. The summed E-state index contributed by atoms with van der Waals surface area (Å²) in [4.78, 5) is 17.8. The summed E-state index contributed by atoms with van der Waals surface area (Å²) < 4.78 is 19.0. The number of thioether (sulfide) groups is 1. The number of nitrogens with one attached hydrogen (secondary N) is 1. The second kappa shape index (κ2) is 10.6. The summed E-state index contributed by atoms with van der Waals surface area (Å²) in [6, 6.07) is 3.22. The van der Waals surface area contributed by atoms with Crippen LogP contribution in [0.15, 0.2) is 33.0 Å². The number of ether oxygens (including phenoxy) is 3. The number of anilines is 1. The summed E-state index contributed by atoms with van der Waals surface area (Å²) in [7, 11) is 3.16. The SMILES string of the molecule is CCCCSc1nc2n(n1)C(c1cc(Br)c(OC)c(OC)c1)C(C(=O)OC(C)C)=C(C)N2. The van der Waals surface area contributed by atoms with Gasteiger partial charge >= 0.3 is 5.97 Å². The number of aromatic nitrogens is 3. The third-order valence-corrected chi connectivity index (χ3v) is 6.41. The third kappa shape index (κ3) is 5.06. The fourth-order valence-corrected chi connectivity index (χ4v) is 4.98. The zero-order valence-corrected chi connectivity index (χ0v) is 21.6. The predicted molar refractivity (Wildman–Crippen MR) is 129 cm³/mol. The van der Waals surface area contributed by atoms with Crippen LogP contribution in [0.25, 0.3) is 0 Å². The molecule has 0 saturated heterocycles. The number of hydrogen-bond acceptors (Lipinski definition) is 8. The molecular formula is C22H29BrN4O4S. The number of rotatable bonds is 9. The Kier molecular flexibility index (Phi) is 8.10. The van der Waals surface area contributed by atoms with E-state index in [2.05, 4.69) is 33.2 Å². The van der Waals surface area contributed by atoms with Crippen LogP contribution < -0.4 is 14.8 Å². The highest BCUT2D eigenvalue weighted by Crippen LogP contribution is 2.43. The van der Waals surface area contributed by atoms with E-state index in [1.54, 1.807) is 30.7 Å². The number of esters is 1. The molecule has 0 spiro atoms. The van der Waals surface area contributed by atoms with Gasteiger partial charge in [0.25, 0.3) is 0 Å². The normalized spacial score (nSPS) is 15.4. The Morgan fingerprint density at radius 2 is 2.06 bits per heavy atom. The lowest BCUT2D eigenvalue weighted by atomic mass is 9.95. The van der Waals surface area contributed by atoms with Gasteiger partial charge < -0.3 is 19.5 Å². The number of fused-ring (bicyclic) bond motifs is 1. The van der Waals surface area contributed by atoms with Crippen molar-refractivity contribution in [1.82, 2.24) is 14.8 Å². The van der Waals surface area contributed by atoms with Crippen molar-refractivity contribution in [3.05, 3.63) is 33.4 Å². The first-order valence-corrected chi connectivity index (χ1v) is 12.3. The molecule has 1 aliphatic rings. The van der Waals surface area contributed by atoms with Crippen LogP contribution in [0.4, 0.5) is 5.95 Å². The number of unbranched alkanes of at least 4 members (excludes halogenated alkanes) is 1. The van der Waals surface area contributed by atoms with Crippen molar-refractivity contribution in [1.29, 1.82) is 0 Å². The Balaban J connectivity index is 2.14. The van der Waals surface area contributed by atoms with Crippen LogP contribution in [0.2, 0.25) is 0 Å². The van der Waals surface area contributed by atoms with Crippen molar-refractivity contribution < 1.29 is 19.0 Å². The van der Waals surface area contributed by atoms with E-state index in [-0.39, 0.29) is 6.10 Å². The van der Waals surface area contributed by atoms with Gasteiger partial charge in [-0.1, -0.05) is 25.1 Å². The second-order valence-corrected chi connectivity index (χ2v) is 9.54. The van der Waals surface area contributed by atoms with E-state index >= 15 is 0 Å². The van der Waals surface area contributed by atoms with E-state index in [9.17, 15) is 4.79 Å². The minimum absolute atomic E-state index is 0.252. The zero-order chi connectivity index (χ0) is 23.4. The maximum absolute atomic E-state index is 13.1. The molecule has 0 bridgehead atoms. The zero-order valence-electron chi connectivity index (χ0n) is 19.2. The minimum Gasteiger partial charge on any atom is -0.493 e. The van der Waals surface area contributed by atoms with Crippen LogP contribution in [0, 0.1) is 0 Å². The highest BCUT2D eigenvalue weighted by atomic mass is 79.9. The average molecular weight is 525 g/mol. The van der Waals surface area contributed by atoms with E-state index in [0.29, 0.717) is 38.3 Å². The highest BCUT2D eigenvalue weighted by molar-refractivity contribution is 9.10. The molecule has 2 aromatic rings. The Morgan fingerprint density at radius 1 is 1.31 bits per heavy atom. The number of methoxy groups -OCH3 is 2. The van der Waals surface area contributed by atoms with Crippen LogP contribution in [-0.2, 0) is 9.53 Å². The van der Waals surface area contributed by atoms with E-state index in [4.69, 9.17) is 19.3 Å². The maximum atomic E-state index is 13.1. The van der Waals surface area contributed by atoms with Crippen molar-refractivity contribution in [2.24, 2.45) is 0 Å². The summed E-state index contributed by atoms with van der Waals surface area (Å²) in [6.07, 6.45) is 1.93. The Morgan fingerprint density at radius 3 is 2.69 bits per heavy atom. The molecule has 0 radical (unpaired) electrons. The molecule has 8 nitrogen and oxygen atoms in total. The van der Waals surface area contributed by atoms with Gasteiger partial charge in [0, 0.05) is 11.4 Å². The van der Waals surface area contributed by atoms with Gasteiger partial charge in [0.2, 0.25) is 11.1 Å². The first-order valence-electron chi connectivity index (χ1n) is 10.5. The Bertz CT molecular complexity index is 1020. The van der Waals surface area contributed by atoms with Crippen molar-refractivity contribution in [3.8, 4) is 11.5 Å². The van der Waals surface area contributed by atoms with Gasteiger partial charge in [0.05, 0.1) is 30.4 Å². The summed E-state index contributed by atoms with van der Waals surface area (Å²) in [5, 5.41) is 8.62. The lowest BCUT2D eigenvalue weighted by Crippen LogP contribution is -2.30. The van der Waals surface area contributed by atoms with Crippen LogP contribution in [-0.4, -0.2) is 46.8 Å². The van der Waals surface area contributed by atoms with E-state index in [1.165, 1.54) is 0 Å². The van der Waals surface area contributed by atoms with Crippen molar-refractivity contribution >= 4 is 39.6 Å². The van der Waals surface area contributed by atoms with Gasteiger partial charge in [-0.15, -0.1) is 5.10 Å². The van der Waals surface area contributed by atoms with Crippen molar-refractivity contribution in [2.75, 3.05) is 25.3 Å². The predicted octanol–water partition coefficient (Wildman–Crippen LogP) is 5.19. The van der Waals surface area contributed by atoms with Gasteiger partial charge in [0.1, 0.15) is 6.04 Å². The molecule has 0 saturated carbocycles. The summed E-state index contributed by atoms with van der Waals surface area (Å²) >= 11 is 5.17. The number of benzene rings is 1. The van der Waals surface area contributed by atoms with Gasteiger partial charge in [-0.05, 0) is 60.8 Å². The fraction of sp³-hybridized carbons (Fsp3) is 0.500. The van der Waals surface area contributed by atoms with Crippen LogP contribution >= 0.6 is 27.7 Å². The molecule has 0 aliphatic carbocycles. The molecule has 1 aromatic heterocycles. The molecule has 0 fully saturated rings. The smallest absolute Gasteiger partial charge is 0.338 e. The molecule has 1 atom stereocenters. The van der Waals surface area contributed by atoms with Crippen LogP contribution in [0.5, 0.6) is 11.5 Å². The Labute approximate surface area is 201 Å². The molecule has 3 rings (SSSR count). The number of halogens is 1. The molecule has 10 heteroatoms. The molecule has 1 aliphatic heterocycles. The Hall–Kier alpha value is -2.20. The first kappa shape index (κ1) is 24.4. The first-order chi connectivity index (χ1) is 15.3. The lowest BCUT2D eigenvalue weighted by molar-refractivity contribution is -0.143. The van der Waals surface area contributed by atoms with Crippen LogP contribution in [0.3, 0.4) is 0 Å². The van der Waals surface area contributed by atoms with Gasteiger partial charge in [-0.3, -0.25) is 0 Å². The number of nitrogens with zero attached hydrogens (tertiary/aromatic N) is 3. The molecular weight excluding hydrogens is 496 g/mol. The monoisotopic (exact) mass is 524 g/mol. The van der Waals surface area contributed by atoms with Crippen molar-refractivity contribution in [3.63, 3.8) is 0 Å². The molecule has 1 aromatic carbocycles. The van der Waals surface area contributed by atoms with E-state index < -0.39 is 12.0 Å². The standard InChI is InChI=1S/C22H29BrN4O4S/c1-7-8-9-32-22-25-21-24-13(4)17(20(28)31-12(2)3)18(27(21)26-22)14-10-15(23)19(30-6)16(11-14)29-5/h10-12,18H,7-9H2,1-6H3,(H,24,25,26). The van der Waals surface area contributed by atoms with E-state index in [1.807, 2.05) is 32.9 Å². The molecule has 0 amide bonds. The van der Waals surface area contributed by atoms with E-state index in [0.717, 1.165) is 24.2 Å². The molecule has 2 heterocycles. The summed E-state index contributed by atoms with van der Waals surface area (Å²) in [6.45, 7) is 7.66. The second-order valence-electron chi connectivity index (χ2n) is 7.62. The van der Waals surface area contributed by atoms with Gasteiger partial charge in [-0.25, -0.2) is 9.48 Å². The quantitative estimate of drug-likeness (QED) is 0.272.